The number of nitrogens with one attached hydrogen (secondary N) is 3. The molecule has 0 bridgehead atoms. The minimum Gasteiger partial charge on any atom is -0.444 e. The fourth-order valence-corrected chi connectivity index (χ4v) is 5.39. The van der Waals surface area contributed by atoms with Crippen LogP contribution in [0.2, 0.25) is 0 Å². The van der Waals surface area contributed by atoms with Crippen molar-refractivity contribution < 1.29 is 27.5 Å². The van der Waals surface area contributed by atoms with E-state index in [0.29, 0.717) is 24.1 Å². The van der Waals surface area contributed by atoms with E-state index >= 15 is 0 Å². The number of nitrogens with zero attached hydrogens (tertiary/aromatic N) is 2. The number of ether oxygens (including phenoxy) is 1. The summed E-state index contributed by atoms with van der Waals surface area (Å²) in [5.41, 5.74) is -0.959. The average Bonchev–Trinajstić information content (AvgIpc) is 3.62. The van der Waals surface area contributed by atoms with E-state index in [2.05, 4.69) is 26.8 Å². The zero-order valence-corrected chi connectivity index (χ0v) is 19.7. The van der Waals surface area contributed by atoms with Crippen LogP contribution in [0.15, 0.2) is 18.9 Å². The maximum atomic E-state index is 13.3. The van der Waals surface area contributed by atoms with Crippen molar-refractivity contribution >= 4 is 27.9 Å². The van der Waals surface area contributed by atoms with E-state index < -0.39 is 56.2 Å². The van der Waals surface area contributed by atoms with Crippen LogP contribution in [0.1, 0.15) is 57.2 Å². The summed E-state index contributed by atoms with van der Waals surface area (Å²) < 4.78 is 32.1. The Bertz CT molecular complexity index is 1100. The number of rotatable bonds is 6. The predicted molar refractivity (Wildman–Crippen MR) is 117 cm³/mol. The maximum Gasteiger partial charge on any atom is 0.410 e. The summed E-state index contributed by atoms with van der Waals surface area (Å²) in [4.78, 5) is 40.3. The summed E-state index contributed by atoms with van der Waals surface area (Å²) >= 11 is 0. The molecule has 11 nitrogen and oxygen atoms in total. The molecule has 0 saturated heterocycles. The van der Waals surface area contributed by atoms with E-state index in [1.54, 1.807) is 27.0 Å². The predicted octanol–water partition coefficient (Wildman–Crippen LogP) is 0.913. The van der Waals surface area contributed by atoms with Crippen molar-refractivity contribution in [3.8, 4) is 0 Å². The van der Waals surface area contributed by atoms with Crippen LogP contribution in [0, 0.1) is 5.92 Å². The second kappa shape index (κ2) is 7.86. The van der Waals surface area contributed by atoms with E-state index in [0.717, 1.165) is 0 Å². The maximum absolute atomic E-state index is 13.3. The molecule has 2 heterocycles. The lowest BCUT2D eigenvalue weighted by molar-refractivity contribution is -0.130. The Morgan fingerprint density at radius 2 is 2.03 bits per heavy atom. The molecule has 2 fully saturated rings. The van der Waals surface area contributed by atoms with Gasteiger partial charge in [0.1, 0.15) is 17.1 Å². The van der Waals surface area contributed by atoms with Crippen LogP contribution >= 0.6 is 0 Å². The van der Waals surface area contributed by atoms with E-state index in [9.17, 15) is 22.8 Å². The molecule has 4 rings (SSSR count). The minimum absolute atomic E-state index is 0.00935. The van der Waals surface area contributed by atoms with Gasteiger partial charge in [-0.15, -0.1) is 6.58 Å². The normalized spacial score (nSPS) is 26.7. The van der Waals surface area contributed by atoms with Crippen molar-refractivity contribution in [2.45, 2.75) is 68.9 Å². The number of aromatic amines is 1. The molecule has 0 spiro atoms. The minimum atomic E-state index is -3.77. The largest absolute Gasteiger partial charge is 0.444 e. The second-order valence-electron chi connectivity index (χ2n) is 9.89. The van der Waals surface area contributed by atoms with Crippen LogP contribution in [-0.4, -0.2) is 64.4 Å². The Kier molecular flexibility index (Phi) is 5.54. The first-order valence-corrected chi connectivity index (χ1v) is 12.4. The van der Waals surface area contributed by atoms with Crippen molar-refractivity contribution in [1.29, 1.82) is 0 Å². The van der Waals surface area contributed by atoms with Gasteiger partial charge >= 0.3 is 6.09 Å². The van der Waals surface area contributed by atoms with Crippen LogP contribution in [-0.2, 0) is 30.9 Å². The molecular weight excluding hydrogens is 450 g/mol. The molecule has 3 N–H and O–H groups in total. The highest BCUT2D eigenvalue weighted by Crippen LogP contribution is 2.45. The van der Waals surface area contributed by atoms with Crippen LogP contribution in [0.5, 0.6) is 0 Å². The van der Waals surface area contributed by atoms with Crippen LogP contribution < -0.4 is 10.0 Å². The van der Waals surface area contributed by atoms with Gasteiger partial charge in [0.2, 0.25) is 15.9 Å². The number of carbonyl (C=O) groups is 3. The first-order valence-electron chi connectivity index (χ1n) is 10.9. The van der Waals surface area contributed by atoms with Crippen LogP contribution in [0.4, 0.5) is 4.79 Å². The number of hydrogen-bond donors (Lipinski definition) is 3. The molecule has 3 aliphatic rings. The van der Waals surface area contributed by atoms with Gasteiger partial charge in [0.15, 0.2) is 0 Å². The monoisotopic (exact) mass is 479 g/mol. The lowest BCUT2D eigenvalue weighted by Gasteiger charge is -2.33. The van der Waals surface area contributed by atoms with E-state index in [-0.39, 0.29) is 19.5 Å². The third-order valence-corrected chi connectivity index (χ3v) is 7.88. The zero-order chi connectivity index (χ0) is 24.2. The Hall–Kier alpha value is -2.89. The average molecular weight is 480 g/mol. The molecule has 1 aromatic heterocycles. The van der Waals surface area contributed by atoms with Gasteiger partial charge in [0.25, 0.3) is 5.91 Å². The summed E-state index contributed by atoms with van der Waals surface area (Å²) in [5, 5.41) is 9.06. The van der Waals surface area contributed by atoms with Crippen molar-refractivity contribution in [1.82, 2.24) is 25.1 Å². The molecule has 1 aromatic rings. The number of aromatic nitrogens is 2. The summed E-state index contributed by atoms with van der Waals surface area (Å²) in [6.45, 7) is 9.19. The molecule has 33 heavy (non-hydrogen) atoms. The van der Waals surface area contributed by atoms with Crippen LogP contribution in [0.3, 0.4) is 0 Å². The molecule has 3 atom stereocenters. The lowest BCUT2D eigenvalue weighted by atomic mass is 9.95. The molecule has 1 aliphatic heterocycles. The molecule has 0 aromatic carbocycles. The molecule has 3 amide bonds. The van der Waals surface area contributed by atoms with E-state index in [4.69, 9.17) is 4.74 Å². The van der Waals surface area contributed by atoms with Crippen molar-refractivity contribution in [2.24, 2.45) is 5.92 Å². The fourth-order valence-electron chi connectivity index (χ4n) is 4.03. The Balaban J connectivity index is 1.53. The smallest absolute Gasteiger partial charge is 0.410 e. The van der Waals surface area contributed by atoms with Gasteiger partial charge in [-0.25, -0.2) is 13.2 Å². The Morgan fingerprint density at radius 3 is 2.61 bits per heavy atom. The van der Waals surface area contributed by atoms with Crippen molar-refractivity contribution in [3.63, 3.8) is 0 Å². The molecule has 2 aliphatic carbocycles. The summed E-state index contributed by atoms with van der Waals surface area (Å²) in [5.74, 6) is -2.56. The first-order chi connectivity index (χ1) is 15.4. The highest BCUT2D eigenvalue weighted by Gasteiger charge is 2.61. The standard InChI is InChI=1S/C21H29N5O6S/c1-5-13-8-21(13,18(28)25-33(30,31)14-6-7-14)23-17(27)15-11-26(19(29)32-20(2,3)4)10-12-9-22-24-16(12)15/h5,9,13-15H,1,6-8,10-11H2,2-4H3,(H,22,24)(H,23,27)(H,25,28). The SMILES string of the molecule is C=CC1CC1(NC(=O)C1CN(C(=O)OC(C)(C)C)Cc2c[nH]nc21)C(=O)NS(=O)(=O)C1CC1. The number of amides is 3. The molecule has 180 valence electrons. The topological polar surface area (TPSA) is 151 Å². The molecule has 2 saturated carbocycles. The highest BCUT2D eigenvalue weighted by atomic mass is 32.2. The summed E-state index contributed by atoms with van der Waals surface area (Å²) in [7, 11) is -3.77. The number of carbonyl (C=O) groups excluding carboxylic acids is 3. The Morgan fingerprint density at radius 1 is 1.33 bits per heavy atom. The van der Waals surface area contributed by atoms with Gasteiger partial charge in [-0.2, -0.15) is 5.10 Å². The van der Waals surface area contributed by atoms with Gasteiger partial charge in [-0.1, -0.05) is 6.08 Å². The molecule has 0 radical (unpaired) electrons. The number of hydrogen-bond acceptors (Lipinski definition) is 7. The zero-order valence-electron chi connectivity index (χ0n) is 18.9. The van der Waals surface area contributed by atoms with Crippen molar-refractivity contribution in [3.05, 3.63) is 30.1 Å². The van der Waals surface area contributed by atoms with Gasteiger partial charge < -0.3 is 15.0 Å². The first kappa shape index (κ1) is 23.3. The van der Waals surface area contributed by atoms with Crippen LogP contribution in [0.25, 0.3) is 0 Å². The Labute approximate surface area is 192 Å². The quantitative estimate of drug-likeness (QED) is 0.513. The van der Waals surface area contributed by atoms with E-state index in [1.165, 1.54) is 11.0 Å². The third-order valence-electron chi connectivity index (χ3n) is 6.06. The highest BCUT2D eigenvalue weighted by molar-refractivity contribution is 7.91. The van der Waals surface area contributed by atoms with Gasteiger partial charge in [-0.05, 0) is 40.0 Å². The van der Waals surface area contributed by atoms with Gasteiger partial charge in [0, 0.05) is 24.2 Å². The van der Waals surface area contributed by atoms with E-state index in [1.807, 2.05) is 0 Å². The molecule has 3 unspecified atom stereocenters. The fraction of sp³-hybridized carbons (Fsp3) is 0.619. The van der Waals surface area contributed by atoms with Crippen molar-refractivity contribution in [2.75, 3.05) is 6.54 Å². The summed E-state index contributed by atoms with van der Waals surface area (Å²) in [6, 6.07) is 0. The summed E-state index contributed by atoms with van der Waals surface area (Å²) in [6.07, 6.45) is 3.84. The second-order valence-corrected chi connectivity index (χ2v) is 11.9. The van der Waals surface area contributed by atoms with Gasteiger partial charge in [0.05, 0.1) is 17.5 Å². The van der Waals surface area contributed by atoms with Gasteiger partial charge in [-0.3, -0.25) is 19.4 Å². The number of fused-ring (bicyclic) bond motifs is 1. The number of H-pyrrole nitrogens is 1. The lowest BCUT2D eigenvalue weighted by Crippen LogP contribution is -2.55. The molecular formula is C21H29N5O6S. The molecule has 12 heteroatoms. The third kappa shape index (κ3) is 4.61. The number of sulfonamides is 1.